The van der Waals surface area contributed by atoms with Gasteiger partial charge >= 0.3 is 5.97 Å². The lowest BCUT2D eigenvalue weighted by atomic mass is 10.1. The van der Waals surface area contributed by atoms with Gasteiger partial charge in [0.15, 0.2) is 0 Å². The molecule has 0 fully saturated rings. The summed E-state index contributed by atoms with van der Waals surface area (Å²) < 4.78 is 4.70. The maximum atomic E-state index is 11.4. The Morgan fingerprint density at radius 2 is 2.21 bits per heavy atom. The van der Waals surface area contributed by atoms with Crippen LogP contribution in [-0.2, 0) is 11.2 Å². The summed E-state index contributed by atoms with van der Waals surface area (Å²) in [6.45, 7) is 3.33. The number of esters is 1. The van der Waals surface area contributed by atoms with Crippen LogP contribution >= 0.6 is 11.6 Å². The minimum atomic E-state index is -0.388. The van der Waals surface area contributed by atoms with Crippen molar-refractivity contribution < 1.29 is 9.53 Å². The highest BCUT2D eigenvalue weighted by Crippen LogP contribution is 2.11. The van der Waals surface area contributed by atoms with Crippen molar-refractivity contribution in [3.05, 3.63) is 48.2 Å². The summed E-state index contributed by atoms with van der Waals surface area (Å²) in [5.41, 5.74) is 1.45. The number of rotatable bonds is 4. The third kappa shape index (κ3) is 2.60. The number of benzene rings is 1. The van der Waals surface area contributed by atoms with E-state index in [1.165, 1.54) is 0 Å². The molecule has 3 heteroatoms. The highest BCUT2D eigenvalue weighted by Gasteiger charge is 2.10. The Morgan fingerprint density at radius 3 is 2.86 bits per heavy atom. The van der Waals surface area contributed by atoms with Gasteiger partial charge in [0.25, 0.3) is 0 Å². The number of hydrogen-bond acceptors (Lipinski definition) is 2. The second-order valence-corrected chi connectivity index (χ2v) is 3.05. The van der Waals surface area contributed by atoms with Crippen molar-refractivity contribution in [1.82, 2.24) is 0 Å². The van der Waals surface area contributed by atoms with E-state index in [1.54, 1.807) is 12.1 Å². The lowest BCUT2D eigenvalue weighted by Gasteiger charge is -2.05. The molecule has 0 aromatic heterocycles. The SMILES string of the molecule is C=COC(=O)c1ccccc1CCCl. The fourth-order valence-electron chi connectivity index (χ4n) is 1.18. The summed E-state index contributed by atoms with van der Waals surface area (Å²) in [7, 11) is 0. The van der Waals surface area contributed by atoms with Crippen LogP contribution in [0.1, 0.15) is 15.9 Å². The molecule has 0 radical (unpaired) electrons. The average Bonchev–Trinajstić information content (AvgIpc) is 2.19. The molecule has 0 saturated carbocycles. The summed E-state index contributed by atoms with van der Waals surface area (Å²) >= 11 is 5.62. The summed E-state index contributed by atoms with van der Waals surface area (Å²) in [6, 6.07) is 7.24. The number of aryl methyl sites for hydroxylation is 1. The van der Waals surface area contributed by atoms with Crippen LogP contribution in [0.15, 0.2) is 37.1 Å². The molecule has 0 N–H and O–H groups in total. The highest BCUT2D eigenvalue weighted by molar-refractivity contribution is 6.18. The summed E-state index contributed by atoms with van der Waals surface area (Å²) in [6.07, 6.45) is 1.78. The van der Waals surface area contributed by atoms with E-state index in [4.69, 9.17) is 16.3 Å². The number of alkyl halides is 1. The molecule has 0 saturated heterocycles. The largest absolute Gasteiger partial charge is 0.432 e. The molecular formula is C11H11ClO2. The van der Waals surface area contributed by atoms with Crippen molar-refractivity contribution in [2.75, 3.05) is 5.88 Å². The van der Waals surface area contributed by atoms with E-state index in [9.17, 15) is 4.79 Å². The maximum Gasteiger partial charge on any atom is 0.343 e. The lowest BCUT2D eigenvalue weighted by molar-refractivity contribution is 0.0663. The molecule has 0 heterocycles. The smallest absolute Gasteiger partial charge is 0.343 e. The predicted molar refractivity (Wildman–Crippen MR) is 56.5 cm³/mol. The van der Waals surface area contributed by atoms with E-state index >= 15 is 0 Å². The summed E-state index contributed by atoms with van der Waals surface area (Å²) in [5.74, 6) is 0.0963. The Labute approximate surface area is 88.1 Å². The molecule has 0 unspecified atom stereocenters. The van der Waals surface area contributed by atoms with Crippen LogP contribution in [0.3, 0.4) is 0 Å². The van der Waals surface area contributed by atoms with E-state index in [1.807, 2.05) is 12.1 Å². The van der Waals surface area contributed by atoms with Gasteiger partial charge in [0.05, 0.1) is 11.8 Å². The second-order valence-electron chi connectivity index (χ2n) is 2.67. The molecule has 0 spiro atoms. The van der Waals surface area contributed by atoms with Crippen molar-refractivity contribution in [3.8, 4) is 0 Å². The number of halogens is 1. The van der Waals surface area contributed by atoms with Gasteiger partial charge in [-0.05, 0) is 18.1 Å². The third-order valence-corrected chi connectivity index (χ3v) is 1.98. The molecule has 0 aliphatic carbocycles. The van der Waals surface area contributed by atoms with Crippen LogP contribution in [0.5, 0.6) is 0 Å². The second kappa shape index (κ2) is 5.45. The lowest BCUT2D eigenvalue weighted by Crippen LogP contribution is -2.05. The zero-order valence-corrected chi connectivity index (χ0v) is 8.46. The predicted octanol–water partition coefficient (Wildman–Crippen LogP) is 2.77. The quantitative estimate of drug-likeness (QED) is 0.434. The molecule has 0 aliphatic rings. The van der Waals surface area contributed by atoms with E-state index in [0.717, 1.165) is 11.8 Å². The Bertz CT molecular complexity index is 334. The molecule has 1 aromatic rings. The van der Waals surface area contributed by atoms with Gasteiger partial charge in [0.1, 0.15) is 0 Å². The first-order chi connectivity index (χ1) is 6.79. The van der Waals surface area contributed by atoms with Gasteiger partial charge in [-0.25, -0.2) is 4.79 Å². The average molecular weight is 211 g/mol. The fraction of sp³-hybridized carbons (Fsp3) is 0.182. The van der Waals surface area contributed by atoms with Gasteiger partial charge in [0, 0.05) is 5.88 Å². The van der Waals surface area contributed by atoms with E-state index in [-0.39, 0.29) is 5.97 Å². The minimum absolute atomic E-state index is 0.388. The number of ether oxygens (including phenoxy) is 1. The van der Waals surface area contributed by atoms with Crippen molar-refractivity contribution in [2.45, 2.75) is 6.42 Å². The molecule has 2 nitrogen and oxygen atoms in total. The Kier molecular flexibility index (Phi) is 4.20. The van der Waals surface area contributed by atoms with Gasteiger partial charge in [-0.15, -0.1) is 11.6 Å². The van der Waals surface area contributed by atoms with Crippen LogP contribution in [0.2, 0.25) is 0 Å². The van der Waals surface area contributed by atoms with E-state index < -0.39 is 0 Å². The molecule has 14 heavy (non-hydrogen) atoms. The van der Waals surface area contributed by atoms with E-state index in [0.29, 0.717) is 17.9 Å². The molecule has 0 aliphatic heterocycles. The van der Waals surface area contributed by atoms with Gasteiger partial charge in [-0.1, -0.05) is 24.8 Å². The monoisotopic (exact) mass is 210 g/mol. The molecule has 1 aromatic carbocycles. The van der Waals surface area contributed by atoms with Crippen molar-refractivity contribution in [2.24, 2.45) is 0 Å². The Balaban J connectivity index is 2.93. The van der Waals surface area contributed by atoms with Crippen molar-refractivity contribution in [3.63, 3.8) is 0 Å². The summed E-state index contributed by atoms with van der Waals surface area (Å²) in [5, 5.41) is 0. The normalized spacial score (nSPS) is 9.50. The number of carbonyl (C=O) groups is 1. The van der Waals surface area contributed by atoms with Crippen molar-refractivity contribution >= 4 is 17.6 Å². The van der Waals surface area contributed by atoms with Gasteiger partial charge in [-0.2, -0.15) is 0 Å². The zero-order valence-electron chi connectivity index (χ0n) is 7.70. The minimum Gasteiger partial charge on any atom is -0.432 e. The van der Waals surface area contributed by atoms with E-state index in [2.05, 4.69) is 6.58 Å². The highest BCUT2D eigenvalue weighted by atomic mass is 35.5. The standard InChI is InChI=1S/C11H11ClO2/c1-2-14-11(13)10-6-4-3-5-9(10)7-8-12/h2-6H,1,7-8H2. The van der Waals surface area contributed by atoms with Crippen LogP contribution in [0.25, 0.3) is 0 Å². The van der Waals surface area contributed by atoms with Crippen LogP contribution in [-0.4, -0.2) is 11.8 Å². The van der Waals surface area contributed by atoms with Gasteiger partial charge in [-0.3, -0.25) is 0 Å². The first-order valence-electron chi connectivity index (χ1n) is 4.25. The maximum absolute atomic E-state index is 11.4. The zero-order chi connectivity index (χ0) is 10.4. The topological polar surface area (TPSA) is 26.3 Å². The molecule has 0 atom stereocenters. The molecule has 74 valence electrons. The Morgan fingerprint density at radius 1 is 1.50 bits per heavy atom. The van der Waals surface area contributed by atoms with Crippen LogP contribution in [0, 0.1) is 0 Å². The molecule has 0 amide bonds. The molecular weight excluding hydrogens is 200 g/mol. The van der Waals surface area contributed by atoms with Crippen LogP contribution in [0.4, 0.5) is 0 Å². The first kappa shape index (κ1) is 10.8. The summed E-state index contributed by atoms with van der Waals surface area (Å²) in [4.78, 5) is 11.4. The fourth-order valence-corrected chi connectivity index (χ4v) is 1.38. The van der Waals surface area contributed by atoms with Gasteiger partial charge < -0.3 is 4.74 Å². The molecule has 1 rings (SSSR count). The number of carbonyl (C=O) groups excluding carboxylic acids is 1. The van der Waals surface area contributed by atoms with Crippen LogP contribution < -0.4 is 0 Å². The van der Waals surface area contributed by atoms with Crippen molar-refractivity contribution in [1.29, 1.82) is 0 Å². The Hall–Kier alpha value is -1.28. The number of hydrogen-bond donors (Lipinski definition) is 0. The van der Waals surface area contributed by atoms with Gasteiger partial charge in [0.2, 0.25) is 0 Å². The third-order valence-electron chi connectivity index (χ3n) is 1.79. The molecule has 0 bridgehead atoms. The first-order valence-corrected chi connectivity index (χ1v) is 4.78.